The molecule has 1 heterocycles. The van der Waals surface area contributed by atoms with Crippen LogP contribution >= 0.6 is 35.0 Å². The zero-order chi connectivity index (χ0) is 12.4. The number of aryl methyl sites for hydroxylation is 1. The highest BCUT2D eigenvalue weighted by molar-refractivity contribution is 7.99. The highest BCUT2D eigenvalue weighted by Crippen LogP contribution is 2.32. The van der Waals surface area contributed by atoms with E-state index in [1.54, 1.807) is 0 Å². The quantitative estimate of drug-likeness (QED) is 0.819. The summed E-state index contributed by atoms with van der Waals surface area (Å²) in [6, 6.07) is 7.82. The van der Waals surface area contributed by atoms with Gasteiger partial charge in [0.15, 0.2) is 5.09 Å². The first-order valence-electron chi connectivity index (χ1n) is 4.79. The van der Waals surface area contributed by atoms with Gasteiger partial charge in [0.05, 0.1) is 0 Å². The summed E-state index contributed by atoms with van der Waals surface area (Å²) < 4.78 is 5.20. The van der Waals surface area contributed by atoms with Gasteiger partial charge in [-0.05, 0) is 19.1 Å². The van der Waals surface area contributed by atoms with E-state index in [1.165, 1.54) is 18.0 Å². The summed E-state index contributed by atoms with van der Waals surface area (Å²) in [6.07, 6.45) is 1.20. The first kappa shape index (κ1) is 12.6. The SMILES string of the molecule is Cc1ccc(Sc2occ(Cl)c(=O)c2Cl)cc1. The fraction of sp³-hybridized carbons (Fsp3) is 0.0833. The molecule has 2 rings (SSSR count). The third-order valence-electron chi connectivity index (χ3n) is 2.10. The van der Waals surface area contributed by atoms with Crippen molar-refractivity contribution in [3.63, 3.8) is 0 Å². The Bertz CT molecular complexity index is 590. The lowest BCUT2D eigenvalue weighted by Gasteiger charge is -2.03. The van der Waals surface area contributed by atoms with E-state index in [4.69, 9.17) is 27.6 Å². The molecule has 0 unspecified atom stereocenters. The number of benzene rings is 1. The maximum atomic E-state index is 11.5. The van der Waals surface area contributed by atoms with E-state index in [0.717, 1.165) is 10.5 Å². The molecule has 2 aromatic rings. The van der Waals surface area contributed by atoms with Crippen LogP contribution in [0.1, 0.15) is 5.56 Å². The van der Waals surface area contributed by atoms with Crippen molar-refractivity contribution >= 4 is 35.0 Å². The van der Waals surface area contributed by atoms with Crippen molar-refractivity contribution in [2.45, 2.75) is 16.9 Å². The Morgan fingerprint density at radius 2 is 1.82 bits per heavy atom. The van der Waals surface area contributed by atoms with Crippen LogP contribution in [0.5, 0.6) is 0 Å². The van der Waals surface area contributed by atoms with E-state index in [-0.39, 0.29) is 10.0 Å². The second-order valence-electron chi connectivity index (χ2n) is 3.43. The third-order valence-corrected chi connectivity index (χ3v) is 3.81. The summed E-state index contributed by atoms with van der Waals surface area (Å²) >= 11 is 12.8. The van der Waals surface area contributed by atoms with Gasteiger partial charge < -0.3 is 4.42 Å². The molecule has 0 amide bonds. The van der Waals surface area contributed by atoms with Gasteiger partial charge in [-0.1, -0.05) is 52.7 Å². The lowest BCUT2D eigenvalue weighted by atomic mass is 10.2. The van der Waals surface area contributed by atoms with Crippen molar-refractivity contribution in [3.05, 3.63) is 56.4 Å². The third kappa shape index (κ3) is 2.86. The summed E-state index contributed by atoms with van der Waals surface area (Å²) in [6.45, 7) is 2.00. The standard InChI is InChI=1S/C12H8Cl2O2S/c1-7-2-4-8(5-3-7)17-12-10(14)11(15)9(13)6-16-12/h2-6H,1H3. The first-order valence-corrected chi connectivity index (χ1v) is 6.36. The van der Waals surface area contributed by atoms with Crippen LogP contribution in [0.15, 0.2) is 49.7 Å². The lowest BCUT2D eigenvalue weighted by Crippen LogP contribution is -2.02. The Hall–Kier alpha value is -0.900. The molecule has 0 aliphatic carbocycles. The van der Waals surface area contributed by atoms with Gasteiger partial charge in [-0.3, -0.25) is 4.79 Å². The minimum Gasteiger partial charge on any atom is -0.454 e. The molecular weight excluding hydrogens is 279 g/mol. The number of hydrogen-bond acceptors (Lipinski definition) is 3. The largest absolute Gasteiger partial charge is 0.454 e. The molecule has 0 saturated carbocycles. The van der Waals surface area contributed by atoms with Crippen LogP contribution in [-0.4, -0.2) is 0 Å². The van der Waals surface area contributed by atoms with E-state index in [9.17, 15) is 4.79 Å². The molecule has 0 saturated heterocycles. The fourth-order valence-corrected chi connectivity index (χ4v) is 2.40. The molecule has 0 N–H and O–H groups in total. The Balaban J connectivity index is 2.34. The Labute approximate surface area is 113 Å². The van der Waals surface area contributed by atoms with Crippen molar-refractivity contribution in [1.82, 2.24) is 0 Å². The number of rotatable bonds is 2. The molecule has 5 heteroatoms. The van der Waals surface area contributed by atoms with Crippen LogP contribution in [-0.2, 0) is 0 Å². The molecule has 0 fully saturated rings. The normalized spacial score (nSPS) is 10.5. The number of halogens is 2. The van der Waals surface area contributed by atoms with Gasteiger partial charge >= 0.3 is 0 Å². The topological polar surface area (TPSA) is 30.2 Å². The van der Waals surface area contributed by atoms with Crippen molar-refractivity contribution < 1.29 is 4.42 Å². The molecule has 0 aliphatic heterocycles. The summed E-state index contributed by atoms with van der Waals surface area (Å²) in [7, 11) is 0. The predicted octanol–water partition coefficient (Wildman–Crippen LogP) is 4.41. The molecule has 0 spiro atoms. The smallest absolute Gasteiger partial charge is 0.223 e. The zero-order valence-corrected chi connectivity index (χ0v) is 11.2. The maximum Gasteiger partial charge on any atom is 0.223 e. The molecule has 0 aliphatic rings. The maximum absolute atomic E-state index is 11.5. The minimum atomic E-state index is -0.408. The monoisotopic (exact) mass is 286 g/mol. The van der Waals surface area contributed by atoms with Gasteiger partial charge in [0, 0.05) is 4.90 Å². The molecule has 88 valence electrons. The number of hydrogen-bond donors (Lipinski definition) is 0. The van der Waals surface area contributed by atoms with E-state index in [1.807, 2.05) is 31.2 Å². The minimum absolute atomic E-state index is 0.0109. The fourth-order valence-electron chi connectivity index (χ4n) is 1.19. The van der Waals surface area contributed by atoms with Gasteiger partial charge in [-0.2, -0.15) is 0 Å². The van der Waals surface area contributed by atoms with Crippen LogP contribution in [0, 0.1) is 6.92 Å². The summed E-state index contributed by atoms with van der Waals surface area (Å²) in [5.74, 6) is 0. The van der Waals surface area contributed by atoms with Gasteiger partial charge in [-0.25, -0.2) is 0 Å². The molecule has 1 aromatic carbocycles. The van der Waals surface area contributed by atoms with E-state index in [2.05, 4.69) is 0 Å². The average molecular weight is 287 g/mol. The van der Waals surface area contributed by atoms with Crippen LogP contribution < -0.4 is 5.43 Å². The first-order chi connectivity index (χ1) is 8.08. The van der Waals surface area contributed by atoms with Crippen LogP contribution in [0.25, 0.3) is 0 Å². The summed E-state index contributed by atoms with van der Waals surface area (Å²) in [4.78, 5) is 12.4. The molecular formula is C12H8Cl2O2S. The van der Waals surface area contributed by atoms with Crippen molar-refractivity contribution in [1.29, 1.82) is 0 Å². The average Bonchev–Trinajstić information content (AvgIpc) is 2.33. The second-order valence-corrected chi connectivity index (χ2v) is 5.26. The highest BCUT2D eigenvalue weighted by atomic mass is 35.5. The summed E-state index contributed by atoms with van der Waals surface area (Å²) in [5.41, 5.74) is 0.757. The molecule has 0 bridgehead atoms. The van der Waals surface area contributed by atoms with Gasteiger partial charge in [-0.15, -0.1) is 0 Å². The predicted molar refractivity (Wildman–Crippen MR) is 70.3 cm³/mol. The van der Waals surface area contributed by atoms with Crippen LogP contribution in [0.3, 0.4) is 0 Å². The van der Waals surface area contributed by atoms with Crippen molar-refractivity contribution in [3.8, 4) is 0 Å². The molecule has 0 radical (unpaired) electrons. The molecule has 2 nitrogen and oxygen atoms in total. The highest BCUT2D eigenvalue weighted by Gasteiger charge is 2.11. The van der Waals surface area contributed by atoms with Gasteiger partial charge in [0.2, 0.25) is 5.43 Å². The summed E-state index contributed by atoms with van der Waals surface area (Å²) in [5, 5.41) is 0.358. The molecule has 17 heavy (non-hydrogen) atoms. The van der Waals surface area contributed by atoms with E-state index in [0.29, 0.717) is 5.09 Å². The van der Waals surface area contributed by atoms with E-state index >= 15 is 0 Å². The van der Waals surface area contributed by atoms with Crippen molar-refractivity contribution in [2.24, 2.45) is 0 Å². The second kappa shape index (κ2) is 5.17. The zero-order valence-electron chi connectivity index (χ0n) is 8.87. The van der Waals surface area contributed by atoms with Crippen molar-refractivity contribution in [2.75, 3.05) is 0 Å². The van der Waals surface area contributed by atoms with Gasteiger partial charge in [0.1, 0.15) is 16.3 Å². The molecule has 0 atom stereocenters. The van der Waals surface area contributed by atoms with Gasteiger partial charge in [0.25, 0.3) is 0 Å². The Morgan fingerprint density at radius 1 is 1.18 bits per heavy atom. The van der Waals surface area contributed by atoms with Crippen LogP contribution in [0.2, 0.25) is 10.0 Å². The Kier molecular flexibility index (Phi) is 3.82. The lowest BCUT2D eigenvalue weighted by molar-refractivity contribution is 0.454. The molecule has 1 aromatic heterocycles. The van der Waals surface area contributed by atoms with Crippen LogP contribution in [0.4, 0.5) is 0 Å². The van der Waals surface area contributed by atoms with E-state index < -0.39 is 5.43 Å². The Morgan fingerprint density at radius 3 is 2.47 bits per heavy atom.